The summed E-state index contributed by atoms with van der Waals surface area (Å²) in [5, 5.41) is 16.2. The highest BCUT2D eigenvalue weighted by Gasteiger charge is 1.95. The van der Waals surface area contributed by atoms with E-state index < -0.39 is 6.29 Å². The van der Waals surface area contributed by atoms with Crippen molar-refractivity contribution in [3.05, 3.63) is 0 Å². The third kappa shape index (κ3) is 9.84. The molecule has 0 aromatic carbocycles. The fraction of sp³-hybridized carbons (Fsp3) is 1.00. The van der Waals surface area contributed by atoms with Crippen molar-refractivity contribution in [2.24, 2.45) is 0 Å². The van der Waals surface area contributed by atoms with E-state index in [4.69, 9.17) is 10.2 Å². The Hall–Kier alpha value is -0.160. The van der Waals surface area contributed by atoms with Crippen LogP contribution in [0.2, 0.25) is 0 Å². The predicted molar refractivity (Wildman–Crippen MR) is 39.7 cm³/mol. The Morgan fingerprint density at radius 3 is 1.91 bits per heavy atom. The van der Waals surface area contributed by atoms with Crippen LogP contribution in [0.25, 0.3) is 0 Å². The molecule has 0 aromatic rings. The molecule has 1 saturated heterocycles. The van der Waals surface area contributed by atoms with E-state index in [-0.39, 0.29) is 0 Å². The van der Waals surface area contributed by atoms with Crippen molar-refractivity contribution in [2.45, 2.75) is 32.5 Å². The molecule has 0 unspecified atom stereocenters. The Morgan fingerprint density at radius 1 is 1.27 bits per heavy atom. The molecule has 1 aliphatic rings. The summed E-state index contributed by atoms with van der Waals surface area (Å²) >= 11 is 0. The molecule has 68 valence electrons. The number of hydrogen-bond acceptors (Lipinski definition) is 4. The molecule has 0 amide bonds. The molecule has 1 heterocycles. The summed E-state index contributed by atoms with van der Waals surface area (Å²) in [6.07, 6.45) is 1.27. The number of hydrogen-bond donors (Lipinski definition) is 2. The zero-order chi connectivity index (χ0) is 8.53. The molecular weight excluding hydrogens is 148 g/mol. The highest BCUT2D eigenvalue weighted by molar-refractivity contribution is 4.31. The van der Waals surface area contributed by atoms with E-state index in [0.717, 1.165) is 26.1 Å². The molecule has 1 rings (SSSR count). The van der Waals surface area contributed by atoms with E-state index in [1.54, 1.807) is 0 Å². The first-order chi connectivity index (χ1) is 5.27. The molecule has 1 fully saturated rings. The van der Waals surface area contributed by atoms with Crippen molar-refractivity contribution in [2.75, 3.05) is 13.2 Å². The second-order valence-corrected chi connectivity index (χ2v) is 2.27. The molecule has 0 saturated carbocycles. The van der Waals surface area contributed by atoms with Gasteiger partial charge < -0.3 is 10.2 Å². The smallest absolute Gasteiger partial charge is 0.151 e. The SMILES string of the molecule is C1COOC1.CCCC(O)O. The highest BCUT2D eigenvalue weighted by Crippen LogP contribution is 1.93. The lowest BCUT2D eigenvalue weighted by Crippen LogP contribution is -2.01. The quantitative estimate of drug-likeness (QED) is 0.459. The van der Waals surface area contributed by atoms with Gasteiger partial charge in [0.15, 0.2) is 6.29 Å². The van der Waals surface area contributed by atoms with Crippen LogP contribution >= 0.6 is 0 Å². The number of aliphatic hydroxyl groups excluding tert-OH is 1. The van der Waals surface area contributed by atoms with E-state index in [1.807, 2.05) is 6.92 Å². The summed E-state index contributed by atoms with van der Waals surface area (Å²) in [5.74, 6) is 0. The Balaban J connectivity index is 0.000000183. The molecule has 11 heavy (non-hydrogen) atoms. The van der Waals surface area contributed by atoms with E-state index in [9.17, 15) is 0 Å². The second kappa shape index (κ2) is 7.94. The lowest BCUT2D eigenvalue weighted by molar-refractivity contribution is -0.248. The van der Waals surface area contributed by atoms with Crippen molar-refractivity contribution < 1.29 is 20.0 Å². The van der Waals surface area contributed by atoms with Crippen LogP contribution in [-0.2, 0) is 9.78 Å². The third-order valence-corrected chi connectivity index (χ3v) is 1.09. The van der Waals surface area contributed by atoms with E-state index >= 15 is 0 Å². The van der Waals surface area contributed by atoms with Crippen molar-refractivity contribution in [3.8, 4) is 0 Å². The van der Waals surface area contributed by atoms with Gasteiger partial charge >= 0.3 is 0 Å². The van der Waals surface area contributed by atoms with Crippen molar-refractivity contribution in [3.63, 3.8) is 0 Å². The van der Waals surface area contributed by atoms with Crippen molar-refractivity contribution in [1.82, 2.24) is 0 Å². The predicted octanol–water partition coefficient (Wildman–Crippen LogP) is 0.436. The molecule has 0 aromatic heterocycles. The lowest BCUT2D eigenvalue weighted by Gasteiger charge is -1.94. The summed E-state index contributed by atoms with van der Waals surface area (Å²) in [7, 11) is 0. The largest absolute Gasteiger partial charge is 0.368 e. The molecule has 0 bridgehead atoms. The van der Waals surface area contributed by atoms with Gasteiger partial charge in [-0.1, -0.05) is 13.3 Å². The highest BCUT2D eigenvalue weighted by atomic mass is 17.2. The molecule has 0 aliphatic carbocycles. The Kier molecular flexibility index (Phi) is 7.83. The maximum atomic E-state index is 8.11. The maximum Gasteiger partial charge on any atom is 0.151 e. The van der Waals surface area contributed by atoms with Crippen molar-refractivity contribution in [1.29, 1.82) is 0 Å². The van der Waals surface area contributed by atoms with Crippen LogP contribution in [0.3, 0.4) is 0 Å². The standard InChI is InChI=1S/C4H10O2.C3H6O2/c1-2-3-4(5)6;1-2-4-5-3-1/h4-6H,2-3H2,1H3;1-3H2. The van der Waals surface area contributed by atoms with Crippen molar-refractivity contribution >= 4 is 0 Å². The summed E-state index contributed by atoms with van der Waals surface area (Å²) in [4.78, 5) is 8.89. The van der Waals surface area contributed by atoms with Gasteiger partial charge in [-0.15, -0.1) is 0 Å². The van der Waals surface area contributed by atoms with Crippen LogP contribution in [0.4, 0.5) is 0 Å². The Morgan fingerprint density at radius 2 is 1.82 bits per heavy atom. The van der Waals surface area contributed by atoms with Crippen LogP contribution in [-0.4, -0.2) is 29.7 Å². The zero-order valence-corrected chi connectivity index (χ0v) is 6.82. The first-order valence-corrected chi connectivity index (χ1v) is 3.88. The van der Waals surface area contributed by atoms with Crippen LogP contribution in [0.5, 0.6) is 0 Å². The molecule has 4 nitrogen and oxygen atoms in total. The first-order valence-electron chi connectivity index (χ1n) is 3.88. The van der Waals surface area contributed by atoms with Gasteiger partial charge in [0, 0.05) is 6.42 Å². The minimum absolute atomic E-state index is 0.486. The minimum Gasteiger partial charge on any atom is -0.368 e. The van der Waals surface area contributed by atoms with E-state index in [2.05, 4.69) is 9.78 Å². The summed E-state index contributed by atoms with van der Waals surface area (Å²) in [6, 6.07) is 0. The monoisotopic (exact) mass is 164 g/mol. The summed E-state index contributed by atoms with van der Waals surface area (Å²) < 4.78 is 0. The number of aliphatic hydroxyl groups is 2. The van der Waals surface area contributed by atoms with Gasteiger partial charge in [-0.25, -0.2) is 9.78 Å². The van der Waals surface area contributed by atoms with Gasteiger partial charge in [-0.2, -0.15) is 0 Å². The zero-order valence-electron chi connectivity index (χ0n) is 6.82. The van der Waals surface area contributed by atoms with Crippen LogP contribution < -0.4 is 0 Å². The van der Waals surface area contributed by atoms with Crippen LogP contribution in [0.15, 0.2) is 0 Å². The number of rotatable bonds is 2. The summed E-state index contributed by atoms with van der Waals surface area (Å²) in [6.45, 7) is 3.46. The molecule has 0 radical (unpaired) electrons. The van der Waals surface area contributed by atoms with E-state index in [1.165, 1.54) is 0 Å². The fourth-order valence-corrected chi connectivity index (χ4v) is 0.553. The molecule has 4 heteroatoms. The van der Waals surface area contributed by atoms with E-state index in [0.29, 0.717) is 6.42 Å². The molecule has 2 N–H and O–H groups in total. The normalized spacial score (nSPS) is 16.4. The third-order valence-electron chi connectivity index (χ3n) is 1.09. The molecule has 1 aliphatic heterocycles. The fourth-order valence-electron chi connectivity index (χ4n) is 0.553. The van der Waals surface area contributed by atoms with Crippen LogP contribution in [0.1, 0.15) is 26.2 Å². The Bertz CT molecular complexity index is 63.2. The van der Waals surface area contributed by atoms with Gasteiger partial charge in [0.05, 0.1) is 13.2 Å². The van der Waals surface area contributed by atoms with Gasteiger partial charge in [0.1, 0.15) is 0 Å². The van der Waals surface area contributed by atoms with Gasteiger partial charge in [-0.3, -0.25) is 0 Å². The topological polar surface area (TPSA) is 58.9 Å². The van der Waals surface area contributed by atoms with Gasteiger partial charge in [0.25, 0.3) is 0 Å². The molecular formula is C7H16O4. The first kappa shape index (κ1) is 10.8. The average molecular weight is 164 g/mol. The van der Waals surface area contributed by atoms with Gasteiger partial charge in [0.2, 0.25) is 0 Å². The Labute approximate surface area is 66.7 Å². The minimum atomic E-state index is -1.10. The van der Waals surface area contributed by atoms with Gasteiger partial charge in [-0.05, 0) is 6.42 Å². The van der Waals surface area contributed by atoms with Crippen LogP contribution in [0, 0.1) is 0 Å². The average Bonchev–Trinajstić information content (AvgIpc) is 2.41. The molecule has 0 spiro atoms. The lowest BCUT2D eigenvalue weighted by atomic mass is 10.3. The summed E-state index contributed by atoms with van der Waals surface area (Å²) in [5.41, 5.74) is 0. The second-order valence-electron chi connectivity index (χ2n) is 2.27. The maximum absolute atomic E-state index is 8.11. The molecule has 0 atom stereocenters.